The normalized spacial score (nSPS) is 10.7. The van der Waals surface area contributed by atoms with Gasteiger partial charge in [0.25, 0.3) is 0 Å². The zero-order valence-corrected chi connectivity index (χ0v) is 19.5. The van der Waals surface area contributed by atoms with Gasteiger partial charge in [-0.05, 0) is 6.42 Å². The fourth-order valence-corrected chi connectivity index (χ4v) is 3.29. The van der Waals surface area contributed by atoms with Crippen molar-refractivity contribution in [3.8, 4) is 0 Å². The van der Waals surface area contributed by atoms with Crippen molar-refractivity contribution in [2.45, 2.75) is 110 Å². The molecule has 0 radical (unpaired) electrons. The second-order valence-corrected chi connectivity index (χ2v) is 7.90. The van der Waals surface area contributed by atoms with Crippen LogP contribution in [0.1, 0.15) is 110 Å². The first-order valence-electron chi connectivity index (χ1n) is 12.2. The van der Waals surface area contributed by atoms with E-state index >= 15 is 0 Å². The molecule has 0 amide bonds. The van der Waals surface area contributed by atoms with Crippen LogP contribution in [0.4, 0.5) is 0 Å². The van der Waals surface area contributed by atoms with Crippen LogP contribution in [0.25, 0.3) is 0 Å². The lowest BCUT2D eigenvalue weighted by molar-refractivity contribution is -0.145. The van der Waals surface area contributed by atoms with Gasteiger partial charge in [0.05, 0.1) is 13.2 Å². The molecule has 0 aliphatic rings. The SMILES string of the molecule is C=CC(=O)OCCOCCOC(=O)CCCCCCCCCCCCCCCCC. The van der Waals surface area contributed by atoms with Crippen LogP contribution in [0, 0.1) is 0 Å². The molecule has 0 saturated carbocycles. The Labute approximate surface area is 184 Å². The average molecular weight is 427 g/mol. The van der Waals surface area contributed by atoms with E-state index in [1.807, 2.05) is 0 Å². The Morgan fingerprint density at radius 3 is 1.53 bits per heavy atom. The first kappa shape index (κ1) is 28.6. The fraction of sp³-hybridized carbons (Fsp3) is 0.840. The molecular weight excluding hydrogens is 380 g/mol. The van der Waals surface area contributed by atoms with E-state index in [2.05, 4.69) is 13.5 Å². The molecule has 0 aromatic carbocycles. The number of hydrogen-bond acceptors (Lipinski definition) is 5. The smallest absolute Gasteiger partial charge is 0.330 e. The van der Waals surface area contributed by atoms with Crippen LogP contribution < -0.4 is 0 Å². The molecule has 0 bridgehead atoms. The molecule has 0 aliphatic heterocycles. The second kappa shape index (κ2) is 23.9. The van der Waals surface area contributed by atoms with Crippen LogP contribution >= 0.6 is 0 Å². The summed E-state index contributed by atoms with van der Waals surface area (Å²) in [5, 5.41) is 0. The van der Waals surface area contributed by atoms with Crippen LogP contribution in [0.3, 0.4) is 0 Å². The fourth-order valence-electron chi connectivity index (χ4n) is 3.29. The van der Waals surface area contributed by atoms with Gasteiger partial charge < -0.3 is 14.2 Å². The average Bonchev–Trinajstić information content (AvgIpc) is 2.75. The van der Waals surface area contributed by atoms with Crippen molar-refractivity contribution in [3.05, 3.63) is 12.7 Å². The molecule has 0 spiro atoms. The number of unbranched alkanes of at least 4 members (excludes halogenated alkanes) is 14. The predicted molar refractivity (Wildman–Crippen MR) is 122 cm³/mol. The minimum absolute atomic E-state index is 0.161. The van der Waals surface area contributed by atoms with Crippen LogP contribution in [0.15, 0.2) is 12.7 Å². The molecule has 0 saturated heterocycles. The highest BCUT2D eigenvalue weighted by molar-refractivity contribution is 5.81. The molecule has 0 N–H and O–H groups in total. The zero-order chi connectivity index (χ0) is 22.1. The molecule has 0 aromatic rings. The minimum atomic E-state index is -0.464. The van der Waals surface area contributed by atoms with E-state index in [-0.39, 0.29) is 25.8 Å². The van der Waals surface area contributed by atoms with E-state index in [4.69, 9.17) is 14.2 Å². The van der Waals surface area contributed by atoms with E-state index in [1.54, 1.807) is 0 Å². The number of rotatable bonds is 23. The molecule has 0 aromatic heterocycles. The number of esters is 2. The summed E-state index contributed by atoms with van der Waals surface area (Å²) in [5.41, 5.74) is 0. The quantitative estimate of drug-likeness (QED) is 0.105. The monoisotopic (exact) mass is 426 g/mol. The third-order valence-electron chi connectivity index (χ3n) is 5.11. The van der Waals surface area contributed by atoms with Gasteiger partial charge in [-0.25, -0.2) is 4.79 Å². The lowest BCUT2D eigenvalue weighted by Crippen LogP contribution is -2.13. The topological polar surface area (TPSA) is 61.8 Å². The van der Waals surface area contributed by atoms with E-state index < -0.39 is 5.97 Å². The first-order valence-corrected chi connectivity index (χ1v) is 12.2. The standard InChI is InChI=1S/C25H46O5/c1-3-5-6-7-8-9-10-11-12-13-14-15-16-17-18-19-25(27)30-23-21-28-20-22-29-24(26)4-2/h4H,2-3,5-23H2,1H3. The second-order valence-electron chi connectivity index (χ2n) is 7.90. The maximum absolute atomic E-state index is 11.6. The molecule has 0 atom stereocenters. The van der Waals surface area contributed by atoms with Gasteiger partial charge in [0, 0.05) is 12.5 Å². The summed E-state index contributed by atoms with van der Waals surface area (Å²) in [5.74, 6) is -0.625. The zero-order valence-electron chi connectivity index (χ0n) is 19.5. The summed E-state index contributed by atoms with van der Waals surface area (Å²) in [6.45, 7) is 6.60. The molecule has 5 nitrogen and oxygen atoms in total. The van der Waals surface area contributed by atoms with Crippen LogP contribution in [0.2, 0.25) is 0 Å². The Morgan fingerprint density at radius 2 is 1.07 bits per heavy atom. The van der Waals surface area contributed by atoms with Crippen LogP contribution in [-0.4, -0.2) is 38.4 Å². The Bertz CT molecular complexity index is 408. The summed E-state index contributed by atoms with van der Waals surface area (Å²) in [6.07, 6.45) is 21.3. The van der Waals surface area contributed by atoms with E-state index in [0.29, 0.717) is 13.0 Å². The molecule has 30 heavy (non-hydrogen) atoms. The number of ether oxygens (including phenoxy) is 3. The summed E-state index contributed by atoms with van der Waals surface area (Å²) in [6, 6.07) is 0. The van der Waals surface area contributed by atoms with Crippen LogP contribution in [0.5, 0.6) is 0 Å². The predicted octanol–water partition coefficient (Wildman–Crippen LogP) is 6.54. The molecule has 0 heterocycles. The maximum Gasteiger partial charge on any atom is 0.330 e. The molecular formula is C25H46O5. The molecule has 0 aliphatic carbocycles. The van der Waals surface area contributed by atoms with Crippen molar-refractivity contribution in [1.29, 1.82) is 0 Å². The number of carbonyl (C=O) groups is 2. The Morgan fingerprint density at radius 1 is 0.633 bits per heavy atom. The molecule has 176 valence electrons. The van der Waals surface area contributed by atoms with Crippen molar-refractivity contribution in [2.24, 2.45) is 0 Å². The highest BCUT2D eigenvalue weighted by Crippen LogP contribution is 2.13. The van der Waals surface area contributed by atoms with Gasteiger partial charge in [0.15, 0.2) is 0 Å². The van der Waals surface area contributed by atoms with E-state index in [9.17, 15) is 9.59 Å². The summed E-state index contributed by atoms with van der Waals surface area (Å²) in [4.78, 5) is 22.4. The molecule has 0 unspecified atom stereocenters. The van der Waals surface area contributed by atoms with E-state index in [0.717, 1.165) is 18.9 Å². The third-order valence-corrected chi connectivity index (χ3v) is 5.11. The molecule has 0 fully saturated rings. The molecule has 5 heteroatoms. The maximum atomic E-state index is 11.6. The highest BCUT2D eigenvalue weighted by atomic mass is 16.6. The van der Waals surface area contributed by atoms with Crippen molar-refractivity contribution < 1.29 is 23.8 Å². The van der Waals surface area contributed by atoms with Gasteiger partial charge in [-0.2, -0.15) is 0 Å². The lowest BCUT2D eigenvalue weighted by Gasteiger charge is -2.06. The number of carbonyl (C=O) groups excluding carboxylic acids is 2. The van der Waals surface area contributed by atoms with Crippen molar-refractivity contribution >= 4 is 11.9 Å². The van der Waals surface area contributed by atoms with E-state index in [1.165, 1.54) is 83.5 Å². The number of hydrogen-bond donors (Lipinski definition) is 0. The largest absolute Gasteiger partial charge is 0.463 e. The first-order chi connectivity index (χ1) is 14.7. The van der Waals surface area contributed by atoms with Crippen molar-refractivity contribution in [1.82, 2.24) is 0 Å². The van der Waals surface area contributed by atoms with Crippen LogP contribution in [-0.2, 0) is 23.8 Å². The minimum Gasteiger partial charge on any atom is -0.463 e. The Balaban J connectivity index is 3.17. The summed E-state index contributed by atoms with van der Waals surface area (Å²) < 4.78 is 15.1. The van der Waals surface area contributed by atoms with Gasteiger partial charge in [-0.15, -0.1) is 0 Å². The highest BCUT2D eigenvalue weighted by Gasteiger charge is 2.03. The van der Waals surface area contributed by atoms with Gasteiger partial charge in [-0.3, -0.25) is 4.79 Å². The summed E-state index contributed by atoms with van der Waals surface area (Å²) >= 11 is 0. The van der Waals surface area contributed by atoms with Gasteiger partial charge in [0.1, 0.15) is 13.2 Å². The van der Waals surface area contributed by atoms with Crippen molar-refractivity contribution in [3.63, 3.8) is 0 Å². The molecule has 0 rings (SSSR count). The Kier molecular flexibility index (Phi) is 22.8. The van der Waals surface area contributed by atoms with Gasteiger partial charge >= 0.3 is 11.9 Å². The van der Waals surface area contributed by atoms with Gasteiger partial charge in [-0.1, -0.05) is 103 Å². The Hall–Kier alpha value is -1.36. The lowest BCUT2D eigenvalue weighted by atomic mass is 10.0. The third kappa shape index (κ3) is 22.9. The van der Waals surface area contributed by atoms with Crippen molar-refractivity contribution in [2.75, 3.05) is 26.4 Å². The van der Waals surface area contributed by atoms with Gasteiger partial charge in [0.2, 0.25) is 0 Å². The summed E-state index contributed by atoms with van der Waals surface area (Å²) in [7, 11) is 0.